The van der Waals surface area contributed by atoms with Crippen LogP contribution in [0.5, 0.6) is 0 Å². The first-order valence-corrected chi connectivity index (χ1v) is 7.15. The third kappa shape index (κ3) is 2.69. The summed E-state index contributed by atoms with van der Waals surface area (Å²) in [6, 6.07) is 7.00. The first-order valence-electron chi connectivity index (χ1n) is 7.15. The molecule has 1 aromatic heterocycles. The van der Waals surface area contributed by atoms with Gasteiger partial charge in [-0.3, -0.25) is 14.9 Å². The Hall–Kier alpha value is -2.70. The van der Waals surface area contributed by atoms with E-state index in [0.29, 0.717) is 17.6 Å². The number of hydrogen-bond acceptors (Lipinski definition) is 4. The van der Waals surface area contributed by atoms with Gasteiger partial charge in [0, 0.05) is 5.69 Å². The van der Waals surface area contributed by atoms with Crippen LogP contribution in [-0.2, 0) is 9.59 Å². The fourth-order valence-corrected chi connectivity index (χ4v) is 2.39. The standard InChI is InChI=1S/C15H17N5O2/c1-9(2)10-3-5-11(6-4-10)18-14(22)12-7-13(21)19-15-16-8-17-20(12)15/h3-6,8-9,12H,7H2,1-2H3,(H,18,22)(H,16,17,19,21). The van der Waals surface area contributed by atoms with E-state index in [-0.39, 0.29) is 18.2 Å². The van der Waals surface area contributed by atoms with E-state index in [4.69, 9.17) is 0 Å². The number of carbonyl (C=O) groups excluding carboxylic acids is 2. The molecule has 1 aliphatic heterocycles. The van der Waals surface area contributed by atoms with Crippen molar-refractivity contribution in [2.45, 2.75) is 32.2 Å². The smallest absolute Gasteiger partial charge is 0.249 e. The van der Waals surface area contributed by atoms with Crippen molar-refractivity contribution in [3.05, 3.63) is 36.2 Å². The van der Waals surface area contributed by atoms with Gasteiger partial charge in [-0.15, -0.1) is 0 Å². The summed E-state index contributed by atoms with van der Waals surface area (Å²) >= 11 is 0. The summed E-state index contributed by atoms with van der Waals surface area (Å²) in [6.07, 6.45) is 1.37. The van der Waals surface area contributed by atoms with Gasteiger partial charge < -0.3 is 5.32 Å². The van der Waals surface area contributed by atoms with Gasteiger partial charge >= 0.3 is 0 Å². The molecule has 0 bridgehead atoms. The predicted octanol–water partition coefficient (Wildman–Crippen LogP) is 1.92. The van der Waals surface area contributed by atoms with Gasteiger partial charge in [0.15, 0.2) is 0 Å². The summed E-state index contributed by atoms with van der Waals surface area (Å²) in [4.78, 5) is 28.0. The van der Waals surface area contributed by atoms with Crippen LogP contribution < -0.4 is 10.6 Å². The lowest BCUT2D eigenvalue weighted by Crippen LogP contribution is -2.35. The van der Waals surface area contributed by atoms with Crippen molar-refractivity contribution in [3.63, 3.8) is 0 Å². The topological polar surface area (TPSA) is 88.9 Å². The van der Waals surface area contributed by atoms with Gasteiger partial charge in [-0.05, 0) is 23.6 Å². The summed E-state index contributed by atoms with van der Waals surface area (Å²) in [5, 5.41) is 9.40. The van der Waals surface area contributed by atoms with Crippen LogP contribution in [-0.4, -0.2) is 26.6 Å². The van der Waals surface area contributed by atoms with E-state index >= 15 is 0 Å². The molecule has 7 heteroatoms. The molecule has 1 atom stereocenters. The molecule has 0 saturated carbocycles. The van der Waals surface area contributed by atoms with Gasteiger partial charge in [0.25, 0.3) is 0 Å². The van der Waals surface area contributed by atoms with Crippen LogP contribution in [0.3, 0.4) is 0 Å². The van der Waals surface area contributed by atoms with Crippen molar-refractivity contribution < 1.29 is 9.59 Å². The number of benzene rings is 1. The molecular formula is C15H17N5O2. The number of nitrogens with zero attached hydrogens (tertiary/aromatic N) is 3. The molecule has 0 radical (unpaired) electrons. The molecule has 2 aromatic rings. The van der Waals surface area contributed by atoms with Crippen molar-refractivity contribution in [1.29, 1.82) is 0 Å². The lowest BCUT2D eigenvalue weighted by Gasteiger charge is -2.22. The number of rotatable bonds is 3. The second-order valence-electron chi connectivity index (χ2n) is 5.56. The number of nitrogens with one attached hydrogen (secondary N) is 2. The first-order chi connectivity index (χ1) is 10.5. The van der Waals surface area contributed by atoms with Crippen LogP contribution >= 0.6 is 0 Å². The van der Waals surface area contributed by atoms with Crippen molar-refractivity contribution in [2.24, 2.45) is 0 Å². The zero-order chi connectivity index (χ0) is 15.7. The SMILES string of the molecule is CC(C)c1ccc(NC(=O)C2CC(=O)Nc3ncnn32)cc1. The molecule has 3 rings (SSSR count). The number of amides is 2. The molecule has 1 aliphatic rings. The average Bonchev–Trinajstić information content (AvgIpc) is 2.94. The molecule has 114 valence electrons. The molecule has 7 nitrogen and oxygen atoms in total. The Labute approximate surface area is 127 Å². The van der Waals surface area contributed by atoms with Crippen LogP contribution in [0.4, 0.5) is 11.6 Å². The van der Waals surface area contributed by atoms with Gasteiger partial charge in [-0.25, -0.2) is 4.68 Å². The fourth-order valence-electron chi connectivity index (χ4n) is 2.39. The van der Waals surface area contributed by atoms with Crippen LogP contribution in [0.2, 0.25) is 0 Å². The normalized spacial score (nSPS) is 17.0. The maximum absolute atomic E-state index is 12.4. The second-order valence-corrected chi connectivity index (χ2v) is 5.56. The number of anilines is 2. The Morgan fingerprint density at radius 2 is 2.09 bits per heavy atom. The summed E-state index contributed by atoms with van der Waals surface area (Å²) in [6.45, 7) is 4.22. The highest BCUT2D eigenvalue weighted by Gasteiger charge is 2.31. The summed E-state index contributed by atoms with van der Waals surface area (Å²) in [5.41, 5.74) is 1.90. The average molecular weight is 299 g/mol. The molecule has 0 saturated heterocycles. The van der Waals surface area contributed by atoms with Gasteiger partial charge in [0.1, 0.15) is 12.4 Å². The Kier molecular flexibility index (Phi) is 3.62. The minimum absolute atomic E-state index is 0.0479. The van der Waals surface area contributed by atoms with Gasteiger partial charge in [0.2, 0.25) is 17.8 Å². The minimum Gasteiger partial charge on any atom is -0.324 e. The number of hydrogen-bond donors (Lipinski definition) is 2. The fraction of sp³-hybridized carbons (Fsp3) is 0.333. The van der Waals surface area contributed by atoms with Crippen molar-refractivity contribution >= 4 is 23.5 Å². The molecule has 0 fully saturated rings. The minimum atomic E-state index is -0.684. The molecule has 1 unspecified atom stereocenters. The van der Waals surface area contributed by atoms with E-state index in [1.54, 1.807) is 0 Å². The number of aromatic nitrogens is 3. The van der Waals surface area contributed by atoms with E-state index in [1.165, 1.54) is 16.6 Å². The third-order valence-corrected chi connectivity index (χ3v) is 3.65. The summed E-state index contributed by atoms with van der Waals surface area (Å²) < 4.78 is 1.43. The molecule has 2 amide bonds. The summed E-state index contributed by atoms with van der Waals surface area (Å²) in [5.74, 6) is 0.214. The van der Waals surface area contributed by atoms with Crippen LogP contribution in [0, 0.1) is 0 Å². The zero-order valence-electron chi connectivity index (χ0n) is 12.4. The van der Waals surface area contributed by atoms with Crippen molar-refractivity contribution in [3.8, 4) is 0 Å². The molecular weight excluding hydrogens is 282 g/mol. The molecule has 0 spiro atoms. The van der Waals surface area contributed by atoms with Crippen LogP contribution in [0.15, 0.2) is 30.6 Å². The maximum atomic E-state index is 12.4. The van der Waals surface area contributed by atoms with Crippen molar-refractivity contribution in [2.75, 3.05) is 10.6 Å². The quantitative estimate of drug-likeness (QED) is 0.906. The first kappa shape index (κ1) is 14.2. The number of fused-ring (bicyclic) bond motifs is 1. The monoisotopic (exact) mass is 299 g/mol. The van der Waals surface area contributed by atoms with E-state index in [9.17, 15) is 9.59 Å². The molecule has 2 N–H and O–H groups in total. The molecule has 1 aromatic carbocycles. The van der Waals surface area contributed by atoms with Gasteiger partial charge in [-0.1, -0.05) is 26.0 Å². The van der Waals surface area contributed by atoms with Crippen molar-refractivity contribution in [1.82, 2.24) is 14.8 Å². The summed E-state index contributed by atoms with van der Waals surface area (Å²) in [7, 11) is 0. The number of carbonyl (C=O) groups is 2. The molecule has 2 heterocycles. The maximum Gasteiger partial charge on any atom is 0.249 e. The Morgan fingerprint density at radius 1 is 1.36 bits per heavy atom. The van der Waals surface area contributed by atoms with E-state index in [0.717, 1.165) is 0 Å². The van der Waals surface area contributed by atoms with Crippen LogP contribution in [0.1, 0.15) is 37.8 Å². The highest BCUT2D eigenvalue weighted by molar-refractivity contribution is 6.00. The Balaban J connectivity index is 1.76. The zero-order valence-corrected chi connectivity index (χ0v) is 12.4. The Morgan fingerprint density at radius 3 is 2.77 bits per heavy atom. The third-order valence-electron chi connectivity index (χ3n) is 3.65. The highest BCUT2D eigenvalue weighted by atomic mass is 16.2. The van der Waals surface area contributed by atoms with Crippen LogP contribution in [0.25, 0.3) is 0 Å². The van der Waals surface area contributed by atoms with E-state index in [2.05, 4.69) is 34.6 Å². The second kappa shape index (κ2) is 5.59. The Bertz CT molecular complexity index is 705. The van der Waals surface area contributed by atoms with Gasteiger partial charge in [-0.2, -0.15) is 10.1 Å². The largest absolute Gasteiger partial charge is 0.324 e. The van der Waals surface area contributed by atoms with E-state index in [1.807, 2.05) is 24.3 Å². The highest BCUT2D eigenvalue weighted by Crippen LogP contribution is 2.23. The predicted molar refractivity (Wildman–Crippen MR) is 81.5 cm³/mol. The lowest BCUT2D eigenvalue weighted by molar-refractivity contribution is -0.125. The van der Waals surface area contributed by atoms with Gasteiger partial charge in [0.05, 0.1) is 6.42 Å². The molecule has 22 heavy (non-hydrogen) atoms. The van der Waals surface area contributed by atoms with E-state index < -0.39 is 6.04 Å². The molecule has 0 aliphatic carbocycles. The lowest BCUT2D eigenvalue weighted by atomic mass is 10.0.